The summed E-state index contributed by atoms with van der Waals surface area (Å²) in [5, 5.41) is 2.93. The molecule has 0 saturated heterocycles. The summed E-state index contributed by atoms with van der Waals surface area (Å²) in [5.74, 6) is 0. The predicted molar refractivity (Wildman–Crippen MR) is 137 cm³/mol. The summed E-state index contributed by atoms with van der Waals surface area (Å²) in [4.78, 5) is 0. The average Bonchev–Trinajstić information content (AvgIpc) is 2.78. The minimum Gasteiger partial charge on any atom is -0.0654 e. The first-order valence-electron chi connectivity index (χ1n) is 13.4. The maximum atomic E-state index is 2.43. The summed E-state index contributed by atoms with van der Waals surface area (Å²) in [6.07, 6.45) is 25.0. The van der Waals surface area contributed by atoms with Crippen LogP contribution in [0.4, 0.5) is 0 Å². The van der Waals surface area contributed by atoms with Crippen molar-refractivity contribution in [3.8, 4) is 0 Å². The lowest BCUT2D eigenvalue weighted by atomic mass is 9.91. The van der Waals surface area contributed by atoms with Gasteiger partial charge in [-0.2, -0.15) is 0 Å². The second kappa shape index (κ2) is 16.4. The third-order valence-corrected chi connectivity index (χ3v) is 6.72. The van der Waals surface area contributed by atoms with Crippen LogP contribution in [0.1, 0.15) is 128 Å². The van der Waals surface area contributed by atoms with E-state index in [0.29, 0.717) is 0 Å². The monoisotopic (exact) mass is 408 g/mol. The Morgan fingerprint density at radius 2 is 0.967 bits per heavy atom. The molecule has 0 aromatic heterocycles. The van der Waals surface area contributed by atoms with Gasteiger partial charge >= 0.3 is 0 Å². The summed E-state index contributed by atoms with van der Waals surface area (Å²) in [6.45, 7) is 4.60. The number of fused-ring (bicyclic) bond motifs is 1. The van der Waals surface area contributed by atoms with Gasteiger partial charge in [-0.25, -0.2) is 0 Å². The first kappa shape index (κ1) is 25.0. The highest BCUT2D eigenvalue weighted by atomic mass is 14.1. The number of aryl methyl sites for hydroxylation is 2. The van der Waals surface area contributed by atoms with Gasteiger partial charge in [0.2, 0.25) is 0 Å². The van der Waals surface area contributed by atoms with Gasteiger partial charge in [-0.15, -0.1) is 0 Å². The van der Waals surface area contributed by atoms with Gasteiger partial charge < -0.3 is 0 Å². The molecule has 2 aromatic rings. The van der Waals surface area contributed by atoms with Crippen LogP contribution in [0.25, 0.3) is 10.8 Å². The van der Waals surface area contributed by atoms with Crippen molar-refractivity contribution in [2.75, 3.05) is 0 Å². The molecule has 2 aromatic carbocycles. The fourth-order valence-electron chi connectivity index (χ4n) is 4.80. The maximum Gasteiger partial charge on any atom is -0.0149 e. The van der Waals surface area contributed by atoms with Crippen LogP contribution >= 0.6 is 0 Å². The van der Waals surface area contributed by atoms with Crippen LogP contribution in [-0.4, -0.2) is 0 Å². The van der Waals surface area contributed by atoms with E-state index in [4.69, 9.17) is 0 Å². The minimum absolute atomic E-state index is 1.26. The number of rotatable bonds is 18. The zero-order valence-corrected chi connectivity index (χ0v) is 20.2. The van der Waals surface area contributed by atoms with Gasteiger partial charge in [-0.05, 0) is 47.6 Å². The largest absolute Gasteiger partial charge is 0.0654 e. The van der Waals surface area contributed by atoms with Crippen LogP contribution in [0, 0.1) is 0 Å². The minimum atomic E-state index is 1.26. The molecule has 0 amide bonds. The SMILES string of the molecule is CCCCCCCCCCCCc1ccc2ccccc2c1CCCCCCCC. The fourth-order valence-corrected chi connectivity index (χ4v) is 4.80. The molecule has 2 rings (SSSR count). The quantitative estimate of drug-likeness (QED) is 0.215. The summed E-state index contributed by atoms with van der Waals surface area (Å²) in [7, 11) is 0. The van der Waals surface area contributed by atoms with E-state index in [1.54, 1.807) is 11.1 Å². The molecule has 0 saturated carbocycles. The molecule has 0 atom stereocenters. The van der Waals surface area contributed by atoms with Gasteiger partial charge in [-0.1, -0.05) is 140 Å². The lowest BCUT2D eigenvalue weighted by Gasteiger charge is -2.14. The van der Waals surface area contributed by atoms with E-state index in [1.807, 2.05) is 0 Å². The smallest absolute Gasteiger partial charge is 0.0149 e. The van der Waals surface area contributed by atoms with Crippen molar-refractivity contribution in [1.82, 2.24) is 0 Å². The second-order valence-corrected chi connectivity index (χ2v) is 9.37. The van der Waals surface area contributed by atoms with E-state index >= 15 is 0 Å². The maximum absolute atomic E-state index is 2.43. The number of unbranched alkanes of at least 4 members (excludes halogenated alkanes) is 14. The Hall–Kier alpha value is -1.30. The Balaban J connectivity index is 1.76. The Morgan fingerprint density at radius 3 is 1.57 bits per heavy atom. The molecule has 0 fully saturated rings. The van der Waals surface area contributed by atoms with Gasteiger partial charge in [0.05, 0.1) is 0 Å². The molecule has 0 aliphatic heterocycles. The highest BCUT2D eigenvalue weighted by Crippen LogP contribution is 2.26. The Labute approximate surface area is 187 Å². The summed E-state index contributed by atoms with van der Waals surface area (Å²) < 4.78 is 0. The Kier molecular flexibility index (Phi) is 13.6. The van der Waals surface area contributed by atoms with E-state index in [9.17, 15) is 0 Å². The van der Waals surface area contributed by atoms with Crippen molar-refractivity contribution in [3.63, 3.8) is 0 Å². The molecule has 0 aliphatic rings. The molecule has 0 nitrogen and oxygen atoms in total. The van der Waals surface area contributed by atoms with E-state index < -0.39 is 0 Å². The first-order chi connectivity index (χ1) is 14.9. The molecule has 0 heteroatoms. The molecule has 0 radical (unpaired) electrons. The van der Waals surface area contributed by atoms with Crippen LogP contribution < -0.4 is 0 Å². The number of benzene rings is 2. The molecular formula is C30H48. The number of hydrogen-bond donors (Lipinski definition) is 0. The summed E-state index contributed by atoms with van der Waals surface area (Å²) >= 11 is 0. The molecule has 0 aliphatic carbocycles. The van der Waals surface area contributed by atoms with E-state index in [1.165, 1.54) is 126 Å². The third-order valence-electron chi connectivity index (χ3n) is 6.72. The lowest BCUT2D eigenvalue weighted by molar-refractivity contribution is 0.556. The highest BCUT2D eigenvalue weighted by Gasteiger charge is 2.08. The van der Waals surface area contributed by atoms with Crippen molar-refractivity contribution in [2.24, 2.45) is 0 Å². The second-order valence-electron chi connectivity index (χ2n) is 9.37. The van der Waals surface area contributed by atoms with Crippen molar-refractivity contribution >= 4 is 10.8 Å². The average molecular weight is 409 g/mol. The molecule has 0 unspecified atom stereocenters. The van der Waals surface area contributed by atoms with E-state index in [-0.39, 0.29) is 0 Å². The van der Waals surface area contributed by atoms with Crippen LogP contribution in [0.15, 0.2) is 36.4 Å². The number of hydrogen-bond acceptors (Lipinski definition) is 0. The Bertz CT molecular complexity index is 669. The molecule has 0 heterocycles. The fraction of sp³-hybridized carbons (Fsp3) is 0.667. The molecule has 168 valence electrons. The summed E-state index contributed by atoms with van der Waals surface area (Å²) in [6, 6.07) is 13.8. The predicted octanol–water partition coefficient (Wildman–Crippen LogP) is 10.2. The summed E-state index contributed by atoms with van der Waals surface area (Å²) in [5.41, 5.74) is 3.28. The highest BCUT2D eigenvalue weighted by molar-refractivity contribution is 5.86. The van der Waals surface area contributed by atoms with E-state index in [2.05, 4.69) is 50.2 Å². The molecular weight excluding hydrogens is 360 g/mol. The third kappa shape index (κ3) is 9.67. The van der Waals surface area contributed by atoms with Crippen LogP contribution in [-0.2, 0) is 12.8 Å². The lowest BCUT2D eigenvalue weighted by Crippen LogP contribution is -1.97. The van der Waals surface area contributed by atoms with Crippen molar-refractivity contribution in [3.05, 3.63) is 47.5 Å². The van der Waals surface area contributed by atoms with Crippen LogP contribution in [0.3, 0.4) is 0 Å². The zero-order valence-electron chi connectivity index (χ0n) is 20.2. The van der Waals surface area contributed by atoms with Crippen molar-refractivity contribution in [1.29, 1.82) is 0 Å². The standard InChI is InChI=1S/C30H48/c1-3-5-7-9-11-12-13-14-15-17-21-27-25-26-28-22-19-20-24-30(28)29(27)23-18-16-10-8-6-4-2/h19-20,22,24-26H,3-18,21,23H2,1-2H3. The first-order valence-corrected chi connectivity index (χ1v) is 13.4. The van der Waals surface area contributed by atoms with Crippen molar-refractivity contribution in [2.45, 2.75) is 129 Å². The van der Waals surface area contributed by atoms with Gasteiger partial charge in [0.25, 0.3) is 0 Å². The van der Waals surface area contributed by atoms with Gasteiger partial charge in [0.1, 0.15) is 0 Å². The van der Waals surface area contributed by atoms with Gasteiger partial charge in [0.15, 0.2) is 0 Å². The van der Waals surface area contributed by atoms with Gasteiger partial charge in [-0.3, -0.25) is 0 Å². The van der Waals surface area contributed by atoms with Gasteiger partial charge in [0, 0.05) is 0 Å². The normalized spacial score (nSPS) is 11.4. The van der Waals surface area contributed by atoms with E-state index in [0.717, 1.165) is 0 Å². The van der Waals surface area contributed by atoms with Crippen molar-refractivity contribution < 1.29 is 0 Å². The van der Waals surface area contributed by atoms with Crippen LogP contribution in [0.5, 0.6) is 0 Å². The molecule has 0 N–H and O–H groups in total. The van der Waals surface area contributed by atoms with Crippen LogP contribution in [0.2, 0.25) is 0 Å². The molecule has 30 heavy (non-hydrogen) atoms. The zero-order chi connectivity index (χ0) is 21.3. The molecule has 0 spiro atoms. The topological polar surface area (TPSA) is 0 Å². The Morgan fingerprint density at radius 1 is 0.467 bits per heavy atom. The molecule has 0 bridgehead atoms.